The predicted molar refractivity (Wildman–Crippen MR) is 77.3 cm³/mol. The number of nitrogens with two attached hydrogens (primary N) is 1. The molecule has 19 heavy (non-hydrogen) atoms. The van der Waals surface area contributed by atoms with Crippen LogP contribution in [0.4, 0.5) is 10.7 Å². The number of aliphatic hydroxyl groups excluding tert-OH is 1. The molecule has 1 aliphatic heterocycles. The van der Waals surface area contributed by atoms with Crippen molar-refractivity contribution in [1.29, 1.82) is 0 Å². The number of hydrogen-bond acceptors (Lipinski definition) is 6. The van der Waals surface area contributed by atoms with Gasteiger partial charge in [-0.1, -0.05) is 13.8 Å². The van der Waals surface area contributed by atoms with Gasteiger partial charge in [0.05, 0.1) is 23.8 Å². The summed E-state index contributed by atoms with van der Waals surface area (Å²) in [5, 5.41) is 10.5. The summed E-state index contributed by atoms with van der Waals surface area (Å²) < 4.78 is 5.34. The minimum absolute atomic E-state index is 0.0341. The summed E-state index contributed by atoms with van der Waals surface area (Å²) in [6.45, 7) is 5.03. The van der Waals surface area contributed by atoms with Crippen molar-refractivity contribution in [3.8, 4) is 5.75 Å². The summed E-state index contributed by atoms with van der Waals surface area (Å²) in [5.74, 6) is 0.498. The van der Waals surface area contributed by atoms with Gasteiger partial charge in [-0.25, -0.2) is 0 Å². The Morgan fingerprint density at radius 3 is 2.74 bits per heavy atom. The van der Waals surface area contributed by atoms with Crippen LogP contribution in [-0.2, 0) is 0 Å². The highest BCUT2D eigenvalue weighted by Crippen LogP contribution is 2.46. The molecule has 1 aromatic heterocycles. The summed E-state index contributed by atoms with van der Waals surface area (Å²) in [6, 6.07) is 0. The number of Topliss-reactive ketones (excluding diaryl/α,β-unsaturated/α-hetero) is 1. The number of thiophene rings is 1. The number of carbonyl (C=O) groups is 1. The van der Waals surface area contributed by atoms with Gasteiger partial charge in [0.25, 0.3) is 0 Å². The van der Waals surface area contributed by atoms with Crippen molar-refractivity contribution < 1.29 is 14.6 Å². The van der Waals surface area contributed by atoms with Gasteiger partial charge in [-0.05, 0) is 6.42 Å². The zero-order valence-electron chi connectivity index (χ0n) is 11.5. The van der Waals surface area contributed by atoms with Crippen molar-refractivity contribution in [2.45, 2.75) is 26.4 Å². The SMILES string of the molecule is COc1c(N2CCC(O)C2)sc(C(=O)C(C)C)c1N. The summed E-state index contributed by atoms with van der Waals surface area (Å²) >= 11 is 1.36. The van der Waals surface area contributed by atoms with Gasteiger partial charge in [-0.3, -0.25) is 4.79 Å². The second-order valence-corrected chi connectivity index (χ2v) is 6.09. The lowest BCUT2D eigenvalue weighted by molar-refractivity contribution is 0.0944. The first-order valence-corrected chi connectivity index (χ1v) is 7.20. The number of nitrogens with zero attached hydrogens (tertiary/aromatic N) is 1. The summed E-state index contributed by atoms with van der Waals surface area (Å²) in [6.07, 6.45) is 0.409. The second kappa shape index (κ2) is 5.38. The molecule has 0 saturated carbocycles. The number of ether oxygens (including phenoxy) is 1. The van der Waals surface area contributed by atoms with E-state index in [-0.39, 0.29) is 17.8 Å². The van der Waals surface area contributed by atoms with E-state index in [1.165, 1.54) is 11.3 Å². The maximum absolute atomic E-state index is 12.1. The Morgan fingerprint density at radius 1 is 1.58 bits per heavy atom. The lowest BCUT2D eigenvalue weighted by Gasteiger charge is -2.16. The van der Waals surface area contributed by atoms with Crippen LogP contribution in [0.15, 0.2) is 0 Å². The van der Waals surface area contributed by atoms with E-state index in [2.05, 4.69) is 0 Å². The molecule has 5 nitrogen and oxygen atoms in total. The maximum Gasteiger partial charge on any atom is 0.177 e. The molecule has 3 N–H and O–H groups in total. The Balaban J connectivity index is 2.39. The lowest BCUT2D eigenvalue weighted by atomic mass is 10.1. The Morgan fingerprint density at radius 2 is 2.26 bits per heavy atom. The van der Waals surface area contributed by atoms with Crippen molar-refractivity contribution in [1.82, 2.24) is 0 Å². The number of rotatable bonds is 4. The number of nitrogen functional groups attached to an aromatic ring is 1. The number of carbonyl (C=O) groups excluding carboxylic acids is 1. The summed E-state index contributed by atoms with van der Waals surface area (Å²) in [7, 11) is 1.55. The number of ketones is 1. The first kappa shape index (κ1) is 14.1. The van der Waals surface area contributed by atoms with Crippen molar-refractivity contribution in [2.24, 2.45) is 5.92 Å². The van der Waals surface area contributed by atoms with Gasteiger partial charge in [-0.15, -0.1) is 11.3 Å². The fourth-order valence-electron chi connectivity index (χ4n) is 2.19. The molecule has 1 aliphatic rings. The van der Waals surface area contributed by atoms with Gasteiger partial charge in [0, 0.05) is 19.0 Å². The highest BCUT2D eigenvalue weighted by atomic mass is 32.1. The molecular weight excluding hydrogens is 264 g/mol. The Hall–Kier alpha value is -1.27. The topological polar surface area (TPSA) is 75.8 Å². The van der Waals surface area contributed by atoms with Crippen molar-refractivity contribution in [3.05, 3.63) is 4.88 Å². The molecule has 6 heteroatoms. The van der Waals surface area contributed by atoms with Crippen molar-refractivity contribution in [3.63, 3.8) is 0 Å². The summed E-state index contributed by atoms with van der Waals surface area (Å²) in [5.41, 5.74) is 6.45. The van der Waals surface area contributed by atoms with Crippen LogP contribution >= 0.6 is 11.3 Å². The van der Waals surface area contributed by atoms with E-state index in [1.807, 2.05) is 18.7 Å². The molecule has 2 heterocycles. The second-order valence-electron chi connectivity index (χ2n) is 5.09. The number of β-amino-alcohol motifs (C(OH)–C–C–N with tert-alkyl or cyclic N) is 1. The average Bonchev–Trinajstić information content (AvgIpc) is 2.92. The van der Waals surface area contributed by atoms with Crippen LogP contribution in [0.25, 0.3) is 0 Å². The Labute approximate surface area is 117 Å². The fraction of sp³-hybridized carbons (Fsp3) is 0.615. The van der Waals surface area contributed by atoms with Gasteiger partial charge in [0.2, 0.25) is 0 Å². The van der Waals surface area contributed by atoms with Crippen LogP contribution in [0, 0.1) is 5.92 Å². The van der Waals surface area contributed by atoms with Gasteiger partial charge in [0.1, 0.15) is 5.00 Å². The molecule has 1 atom stereocenters. The number of hydrogen-bond donors (Lipinski definition) is 2. The molecule has 0 bridgehead atoms. The first-order chi connectivity index (χ1) is 8.95. The van der Waals surface area contributed by atoms with Crippen LogP contribution < -0.4 is 15.4 Å². The molecule has 1 fully saturated rings. The maximum atomic E-state index is 12.1. The van der Waals surface area contributed by atoms with Gasteiger partial charge in [0.15, 0.2) is 11.5 Å². The smallest absolute Gasteiger partial charge is 0.177 e. The number of anilines is 2. The van der Waals surface area contributed by atoms with E-state index in [1.54, 1.807) is 7.11 Å². The molecule has 2 rings (SSSR count). The molecule has 106 valence electrons. The highest BCUT2D eigenvalue weighted by Gasteiger charge is 2.29. The van der Waals surface area contributed by atoms with E-state index in [0.717, 1.165) is 18.0 Å². The van der Waals surface area contributed by atoms with E-state index in [0.29, 0.717) is 22.9 Å². The van der Waals surface area contributed by atoms with E-state index in [4.69, 9.17) is 10.5 Å². The Kier molecular flexibility index (Phi) is 4.01. The number of methoxy groups -OCH3 is 1. The minimum atomic E-state index is -0.322. The molecular formula is C13H20N2O3S. The fourth-order valence-corrected chi connectivity index (χ4v) is 3.51. The largest absolute Gasteiger partial charge is 0.492 e. The van der Waals surface area contributed by atoms with E-state index < -0.39 is 0 Å². The van der Waals surface area contributed by atoms with Gasteiger partial charge in [-0.2, -0.15) is 0 Å². The minimum Gasteiger partial charge on any atom is -0.492 e. The third-order valence-electron chi connectivity index (χ3n) is 3.29. The molecule has 0 radical (unpaired) electrons. The quantitative estimate of drug-likeness (QED) is 0.824. The third kappa shape index (κ3) is 2.55. The summed E-state index contributed by atoms with van der Waals surface area (Å²) in [4.78, 5) is 14.7. The molecule has 1 aromatic rings. The van der Waals surface area contributed by atoms with Crippen molar-refractivity contribution in [2.75, 3.05) is 30.8 Å². The third-order valence-corrected chi connectivity index (χ3v) is 4.55. The predicted octanol–water partition coefficient (Wildman–Crippen LogP) is 1.75. The van der Waals surface area contributed by atoms with Crippen LogP contribution in [0.2, 0.25) is 0 Å². The van der Waals surface area contributed by atoms with Gasteiger partial charge < -0.3 is 20.5 Å². The average molecular weight is 284 g/mol. The normalized spacial score (nSPS) is 19.2. The van der Waals surface area contributed by atoms with Crippen LogP contribution in [0.5, 0.6) is 5.75 Å². The first-order valence-electron chi connectivity index (χ1n) is 6.39. The lowest BCUT2D eigenvalue weighted by Crippen LogP contribution is -2.20. The molecule has 0 aromatic carbocycles. The molecule has 1 unspecified atom stereocenters. The van der Waals surface area contributed by atoms with E-state index in [9.17, 15) is 9.90 Å². The van der Waals surface area contributed by atoms with Crippen LogP contribution in [-0.4, -0.2) is 37.2 Å². The zero-order valence-corrected chi connectivity index (χ0v) is 12.3. The Bertz CT molecular complexity index is 484. The molecule has 1 saturated heterocycles. The molecule has 0 amide bonds. The monoisotopic (exact) mass is 284 g/mol. The van der Waals surface area contributed by atoms with Crippen LogP contribution in [0.1, 0.15) is 29.9 Å². The van der Waals surface area contributed by atoms with Crippen LogP contribution in [0.3, 0.4) is 0 Å². The molecule has 0 spiro atoms. The van der Waals surface area contributed by atoms with Crippen molar-refractivity contribution >= 4 is 27.8 Å². The van der Waals surface area contributed by atoms with Gasteiger partial charge >= 0.3 is 0 Å². The number of aliphatic hydroxyl groups is 1. The highest BCUT2D eigenvalue weighted by molar-refractivity contribution is 7.19. The molecule has 0 aliphatic carbocycles. The standard InChI is InChI=1S/C13H20N2O3S/c1-7(2)10(17)12-9(14)11(18-3)13(19-12)15-5-4-8(16)6-15/h7-8,16H,4-6,14H2,1-3H3. The van der Waals surface area contributed by atoms with E-state index >= 15 is 0 Å². The zero-order chi connectivity index (χ0) is 14.2.